The molecule has 33 heavy (non-hydrogen) atoms. The van der Waals surface area contributed by atoms with Crippen molar-refractivity contribution in [1.29, 1.82) is 0 Å². The van der Waals surface area contributed by atoms with Gasteiger partial charge in [0.15, 0.2) is 0 Å². The van der Waals surface area contributed by atoms with Crippen molar-refractivity contribution in [2.75, 3.05) is 10.1 Å². The number of hydrogen-bond acceptors (Lipinski definition) is 8. The van der Waals surface area contributed by atoms with Gasteiger partial charge in [-0.1, -0.05) is 35.9 Å². The summed E-state index contributed by atoms with van der Waals surface area (Å²) in [5.41, 5.74) is 2.78. The summed E-state index contributed by atoms with van der Waals surface area (Å²) in [6.07, 6.45) is 0. The zero-order valence-electron chi connectivity index (χ0n) is 16.9. The Morgan fingerprint density at radius 1 is 0.909 bits per heavy atom. The summed E-state index contributed by atoms with van der Waals surface area (Å²) in [5, 5.41) is 26.4. The van der Waals surface area contributed by atoms with E-state index in [1.807, 2.05) is 0 Å². The van der Waals surface area contributed by atoms with Gasteiger partial charge in [-0.15, -0.1) is 0 Å². The highest BCUT2D eigenvalue weighted by Gasteiger charge is 2.23. The standard InChI is InChI=1S/C20H16ClN5O6S/c1-13(14-5-4-6-15(11-14)25(27)28)22-23-19-10-9-16(26(29)30)12-20(19)33(31,32)24-18-8-3-2-7-17(18)21/h2-12,23-24H,1H3/b22-13+. The second-order valence-electron chi connectivity index (χ2n) is 6.64. The Morgan fingerprint density at radius 2 is 1.58 bits per heavy atom. The van der Waals surface area contributed by atoms with Crippen LogP contribution in [0.3, 0.4) is 0 Å². The molecule has 11 nitrogen and oxygen atoms in total. The lowest BCUT2D eigenvalue weighted by molar-refractivity contribution is -0.385. The summed E-state index contributed by atoms with van der Waals surface area (Å²) < 4.78 is 28.4. The maximum Gasteiger partial charge on any atom is 0.270 e. The van der Waals surface area contributed by atoms with Crippen molar-refractivity contribution in [3.05, 3.63) is 97.5 Å². The Balaban J connectivity index is 2.00. The van der Waals surface area contributed by atoms with Crippen LogP contribution >= 0.6 is 11.6 Å². The van der Waals surface area contributed by atoms with Gasteiger partial charge in [-0.2, -0.15) is 5.10 Å². The molecule has 0 atom stereocenters. The number of hydrazone groups is 1. The number of nitro benzene ring substituents is 2. The van der Waals surface area contributed by atoms with Gasteiger partial charge in [-0.25, -0.2) is 8.42 Å². The summed E-state index contributed by atoms with van der Waals surface area (Å²) in [6.45, 7) is 1.56. The maximum atomic E-state index is 13.0. The smallest absolute Gasteiger partial charge is 0.270 e. The maximum absolute atomic E-state index is 13.0. The average molecular weight is 490 g/mol. The third kappa shape index (κ3) is 5.61. The first-order valence-electron chi connectivity index (χ1n) is 9.19. The number of sulfonamides is 1. The molecule has 0 unspecified atom stereocenters. The van der Waals surface area contributed by atoms with E-state index in [2.05, 4.69) is 15.2 Å². The second kappa shape index (κ2) is 9.63. The Hall–Kier alpha value is -4.03. The number of hydrogen-bond donors (Lipinski definition) is 2. The van der Waals surface area contributed by atoms with Crippen LogP contribution < -0.4 is 10.1 Å². The number of halogens is 1. The first-order chi connectivity index (χ1) is 15.6. The lowest BCUT2D eigenvalue weighted by atomic mass is 10.1. The van der Waals surface area contributed by atoms with Crippen molar-refractivity contribution in [2.45, 2.75) is 11.8 Å². The summed E-state index contributed by atoms with van der Waals surface area (Å²) >= 11 is 6.02. The van der Waals surface area contributed by atoms with E-state index in [0.717, 1.165) is 12.1 Å². The summed E-state index contributed by atoms with van der Waals surface area (Å²) in [4.78, 5) is 20.5. The molecule has 0 bridgehead atoms. The third-order valence-corrected chi connectivity index (χ3v) is 6.14. The van der Waals surface area contributed by atoms with Crippen molar-refractivity contribution in [1.82, 2.24) is 0 Å². The van der Waals surface area contributed by atoms with Crippen LogP contribution in [0.5, 0.6) is 0 Å². The van der Waals surface area contributed by atoms with Crippen molar-refractivity contribution < 1.29 is 18.3 Å². The molecule has 0 spiro atoms. The number of nitrogens with one attached hydrogen (secondary N) is 2. The summed E-state index contributed by atoms with van der Waals surface area (Å²) in [5.74, 6) is 0. The third-order valence-electron chi connectivity index (χ3n) is 4.40. The first kappa shape index (κ1) is 23.6. The molecule has 0 heterocycles. The molecule has 0 saturated heterocycles. The van der Waals surface area contributed by atoms with E-state index in [0.29, 0.717) is 11.3 Å². The SMILES string of the molecule is C/C(=N\Nc1ccc([N+](=O)[O-])cc1S(=O)(=O)Nc1ccccc1Cl)c1cccc([N+](=O)[O-])c1. The molecule has 0 aliphatic carbocycles. The van der Waals surface area contributed by atoms with E-state index >= 15 is 0 Å². The Kier molecular flexibility index (Phi) is 6.89. The molecule has 3 rings (SSSR count). The molecule has 2 N–H and O–H groups in total. The topological polar surface area (TPSA) is 157 Å². The molecule has 0 aromatic heterocycles. The minimum Gasteiger partial charge on any atom is -0.278 e. The number of non-ortho nitro benzene ring substituents is 2. The van der Waals surface area contributed by atoms with E-state index in [-0.39, 0.29) is 22.1 Å². The fourth-order valence-electron chi connectivity index (χ4n) is 2.74. The fraction of sp³-hybridized carbons (Fsp3) is 0.0500. The zero-order valence-corrected chi connectivity index (χ0v) is 18.5. The van der Waals surface area contributed by atoms with E-state index in [1.165, 1.54) is 36.4 Å². The quantitative estimate of drug-likeness (QED) is 0.261. The van der Waals surface area contributed by atoms with Crippen LogP contribution in [0, 0.1) is 20.2 Å². The van der Waals surface area contributed by atoms with Crippen LogP contribution in [0.25, 0.3) is 0 Å². The Labute approximate surface area is 193 Å². The normalized spacial score (nSPS) is 11.6. The van der Waals surface area contributed by atoms with Crippen molar-refractivity contribution in [3.63, 3.8) is 0 Å². The molecular formula is C20H16ClN5O6S. The number of para-hydroxylation sites is 1. The molecule has 0 aliphatic rings. The number of nitrogens with zero attached hydrogens (tertiary/aromatic N) is 3. The largest absolute Gasteiger partial charge is 0.278 e. The van der Waals surface area contributed by atoms with Gasteiger partial charge in [0, 0.05) is 29.8 Å². The van der Waals surface area contributed by atoms with Crippen LogP contribution in [0.2, 0.25) is 5.02 Å². The monoisotopic (exact) mass is 489 g/mol. The lowest BCUT2D eigenvalue weighted by Crippen LogP contribution is -2.15. The number of anilines is 2. The van der Waals surface area contributed by atoms with Gasteiger partial charge < -0.3 is 0 Å². The van der Waals surface area contributed by atoms with Gasteiger partial charge in [-0.3, -0.25) is 30.4 Å². The molecule has 0 aliphatic heterocycles. The highest BCUT2D eigenvalue weighted by Crippen LogP contribution is 2.30. The highest BCUT2D eigenvalue weighted by atomic mass is 35.5. The fourth-order valence-corrected chi connectivity index (χ4v) is 4.23. The lowest BCUT2D eigenvalue weighted by Gasteiger charge is -2.13. The number of rotatable bonds is 8. The molecule has 3 aromatic rings. The van der Waals surface area contributed by atoms with E-state index in [1.54, 1.807) is 25.1 Å². The minimum atomic E-state index is -4.31. The van der Waals surface area contributed by atoms with Crippen molar-refractivity contribution >= 4 is 50.1 Å². The molecule has 13 heteroatoms. The van der Waals surface area contributed by atoms with Gasteiger partial charge in [0.2, 0.25) is 0 Å². The average Bonchev–Trinajstić information content (AvgIpc) is 2.78. The molecule has 0 saturated carbocycles. The van der Waals surface area contributed by atoms with Crippen LogP contribution in [-0.4, -0.2) is 24.0 Å². The Bertz CT molecular complexity index is 1380. The summed E-state index contributed by atoms with van der Waals surface area (Å²) in [6, 6.07) is 15.0. The van der Waals surface area contributed by atoms with Crippen LogP contribution in [0.4, 0.5) is 22.7 Å². The zero-order chi connectivity index (χ0) is 24.2. The molecular weight excluding hydrogens is 474 g/mol. The minimum absolute atomic E-state index is 0.0510. The van der Waals surface area contributed by atoms with E-state index < -0.39 is 30.5 Å². The highest BCUT2D eigenvalue weighted by molar-refractivity contribution is 7.93. The first-order valence-corrected chi connectivity index (χ1v) is 11.1. The van der Waals surface area contributed by atoms with Gasteiger partial charge in [0.25, 0.3) is 21.4 Å². The molecule has 0 fully saturated rings. The molecule has 0 amide bonds. The van der Waals surface area contributed by atoms with Gasteiger partial charge in [-0.05, 0) is 25.1 Å². The van der Waals surface area contributed by atoms with Crippen LogP contribution in [0.15, 0.2) is 76.7 Å². The predicted molar refractivity (Wildman–Crippen MR) is 124 cm³/mol. The predicted octanol–water partition coefficient (Wildman–Crippen LogP) is 4.79. The van der Waals surface area contributed by atoms with E-state index in [9.17, 15) is 28.6 Å². The van der Waals surface area contributed by atoms with Gasteiger partial charge >= 0.3 is 0 Å². The van der Waals surface area contributed by atoms with Crippen molar-refractivity contribution in [3.8, 4) is 0 Å². The van der Waals surface area contributed by atoms with Gasteiger partial charge in [0.1, 0.15) is 4.90 Å². The molecule has 3 aromatic carbocycles. The second-order valence-corrected chi connectivity index (χ2v) is 8.70. The summed E-state index contributed by atoms with van der Waals surface area (Å²) in [7, 11) is -4.31. The number of benzene rings is 3. The van der Waals surface area contributed by atoms with Crippen LogP contribution in [0.1, 0.15) is 12.5 Å². The van der Waals surface area contributed by atoms with Crippen LogP contribution in [-0.2, 0) is 10.0 Å². The van der Waals surface area contributed by atoms with Crippen molar-refractivity contribution in [2.24, 2.45) is 5.10 Å². The number of nitro groups is 2. The molecule has 170 valence electrons. The van der Waals surface area contributed by atoms with Gasteiger partial charge in [0.05, 0.1) is 32.0 Å². The van der Waals surface area contributed by atoms with E-state index in [4.69, 9.17) is 11.6 Å². The Morgan fingerprint density at radius 3 is 2.24 bits per heavy atom. The molecule has 0 radical (unpaired) electrons.